The molecule has 0 spiro atoms. The zero-order valence-corrected chi connectivity index (χ0v) is 14.3. The molecule has 116 valence electrons. The molecule has 0 bridgehead atoms. The topological polar surface area (TPSA) is 67.4 Å². The Hall–Kier alpha value is -1.40. The van der Waals surface area contributed by atoms with Gasteiger partial charge in [-0.05, 0) is 38.5 Å². The van der Waals surface area contributed by atoms with Crippen molar-refractivity contribution in [1.82, 2.24) is 10.6 Å². The molecule has 1 atom stereocenters. The Balaban J connectivity index is 2.64. The Morgan fingerprint density at radius 2 is 1.95 bits per heavy atom. The maximum absolute atomic E-state index is 11.8. The zero-order chi connectivity index (χ0) is 16.0. The number of nitrogens with one attached hydrogen (secondary N) is 2. The van der Waals surface area contributed by atoms with Crippen LogP contribution in [0.2, 0.25) is 0 Å². The minimum atomic E-state index is -0.375. The molecule has 0 heterocycles. The van der Waals surface area contributed by atoms with E-state index in [1.165, 1.54) is 7.11 Å². The van der Waals surface area contributed by atoms with Crippen molar-refractivity contribution < 1.29 is 14.3 Å². The Labute approximate surface area is 133 Å². The number of benzene rings is 1. The Morgan fingerprint density at radius 1 is 1.29 bits per heavy atom. The molecule has 0 radical (unpaired) electrons. The van der Waals surface area contributed by atoms with E-state index in [-0.39, 0.29) is 24.0 Å². The van der Waals surface area contributed by atoms with Crippen molar-refractivity contribution in [3.63, 3.8) is 0 Å². The molecule has 6 heteroatoms. The van der Waals surface area contributed by atoms with Crippen molar-refractivity contribution in [2.75, 3.05) is 7.11 Å². The highest BCUT2D eigenvalue weighted by Gasteiger charge is 2.14. The van der Waals surface area contributed by atoms with E-state index in [0.717, 1.165) is 10.0 Å². The number of carbonyl (C=O) groups is 2. The average Bonchev–Trinajstić information content (AvgIpc) is 2.43. The summed E-state index contributed by atoms with van der Waals surface area (Å²) >= 11 is 3.42. The fourth-order valence-electron chi connectivity index (χ4n) is 1.70. The number of carbonyl (C=O) groups excluding carboxylic acids is 2. The van der Waals surface area contributed by atoms with Crippen LogP contribution in [0.5, 0.6) is 0 Å². The summed E-state index contributed by atoms with van der Waals surface area (Å²) in [5.41, 5.74) is 1.45. The minimum absolute atomic E-state index is 0.0349. The second kappa shape index (κ2) is 8.14. The largest absolute Gasteiger partial charge is 0.465 e. The first-order chi connectivity index (χ1) is 9.85. The van der Waals surface area contributed by atoms with Gasteiger partial charge in [0.2, 0.25) is 5.91 Å². The van der Waals surface area contributed by atoms with Gasteiger partial charge in [0.05, 0.1) is 18.7 Å². The SMILES string of the molecule is COC(=O)c1ccc(CNC(C)C(=O)NC(C)C)c(Br)c1. The van der Waals surface area contributed by atoms with Gasteiger partial charge in [-0.3, -0.25) is 4.79 Å². The molecule has 0 saturated heterocycles. The van der Waals surface area contributed by atoms with Crippen LogP contribution in [0.25, 0.3) is 0 Å². The smallest absolute Gasteiger partial charge is 0.337 e. The van der Waals surface area contributed by atoms with Gasteiger partial charge in [0.25, 0.3) is 0 Å². The van der Waals surface area contributed by atoms with Crippen LogP contribution in [0.1, 0.15) is 36.7 Å². The molecule has 0 saturated carbocycles. The standard InChI is InChI=1S/C15H21BrN2O3/c1-9(2)18-14(19)10(3)17-8-12-6-5-11(7-13(12)16)15(20)21-4/h5-7,9-10,17H,8H2,1-4H3,(H,18,19). The number of methoxy groups -OCH3 is 1. The molecule has 1 aromatic carbocycles. The van der Waals surface area contributed by atoms with E-state index in [1.807, 2.05) is 26.8 Å². The maximum atomic E-state index is 11.8. The Morgan fingerprint density at radius 3 is 2.48 bits per heavy atom. The highest BCUT2D eigenvalue weighted by Crippen LogP contribution is 2.19. The molecule has 0 aliphatic carbocycles. The van der Waals surface area contributed by atoms with Gasteiger partial charge in [-0.15, -0.1) is 0 Å². The lowest BCUT2D eigenvalue weighted by Gasteiger charge is -2.16. The summed E-state index contributed by atoms with van der Waals surface area (Å²) in [7, 11) is 1.35. The first kappa shape index (κ1) is 17.7. The van der Waals surface area contributed by atoms with Crippen LogP contribution in [0.15, 0.2) is 22.7 Å². The fourth-order valence-corrected chi connectivity index (χ4v) is 2.22. The van der Waals surface area contributed by atoms with Gasteiger partial charge in [-0.25, -0.2) is 4.79 Å². The van der Waals surface area contributed by atoms with E-state index >= 15 is 0 Å². The predicted octanol–water partition coefficient (Wildman–Crippen LogP) is 2.24. The normalized spacial score (nSPS) is 12.1. The van der Waals surface area contributed by atoms with E-state index in [1.54, 1.807) is 12.1 Å². The fraction of sp³-hybridized carbons (Fsp3) is 0.467. The summed E-state index contributed by atoms with van der Waals surface area (Å²) in [6.07, 6.45) is 0. The molecule has 0 fully saturated rings. The van der Waals surface area contributed by atoms with Crippen molar-refractivity contribution in [3.8, 4) is 0 Å². The predicted molar refractivity (Wildman–Crippen MR) is 85.1 cm³/mol. The van der Waals surface area contributed by atoms with Gasteiger partial charge in [-0.2, -0.15) is 0 Å². The molecule has 1 rings (SSSR count). The lowest BCUT2D eigenvalue weighted by molar-refractivity contribution is -0.123. The summed E-state index contributed by atoms with van der Waals surface area (Å²) in [6.45, 7) is 6.18. The highest BCUT2D eigenvalue weighted by atomic mass is 79.9. The third-order valence-electron chi connectivity index (χ3n) is 2.90. The molecule has 5 nitrogen and oxygen atoms in total. The molecule has 21 heavy (non-hydrogen) atoms. The summed E-state index contributed by atoms with van der Waals surface area (Å²) in [5, 5.41) is 6.00. The summed E-state index contributed by atoms with van der Waals surface area (Å²) in [4.78, 5) is 23.2. The molecule has 0 aliphatic heterocycles. The van der Waals surface area contributed by atoms with E-state index < -0.39 is 0 Å². The van der Waals surface area contributed by atoms with Crippen LogP contribution in [-0.2, 0) is 16.1 Å². The molecule has 1 amide bonds. The number of amides is 1. The third kappa shape index (κ3) is 5.47. The Bertz CT molecular complexity index is 518. The lowest BCUT2D eigenvalue weighted by atomic mass is 10.1. The van der Waals surface area contributed by atoms with Crippen molar-refractivity contribution in [2.45, 2.75) is 39.4 Å². The van der Waals surface area contributed by atoms with E-state index in [2.05, 4.69) is 31.3 Å². The van der Waals surface area contributed by atoms with E-state index in [0.29, 0.717) is 12.1 Å². The summed E-state index contributed by atoms with van der Waals surface area (Å²) in [6, 6.07) is 5.07. The average molecular weight is 357 g/mol. The van der Waals surface area contributed by atoms with Gasteiger partial charge in [0.1, 0.15) is 0 Å². The molecule has 0 aromatic heterocycles. The lowest BCUT2D eigenvalue weighted by Crippen LogP contribution is -2.44. The van der Waals surface area contributed by atoms with Gasteiger partial charge >= 0.3 is 5.97 Å². The second-order valence-corrected chi connectivity index (χ2v) is 5.92. The quantitative estimate of drug-likeness (QED) is 0.767. The molecule has 1 aromatic rings. The van der Waals surface area contributed by atoms with Crippen molar-refractivity contribution in [3.05, 3.63) is 33.8 Å². The highest BCUT2D eigenvalue weighted by molar-refractivity contribution is 9.10. The molecule has 1 unspecified atom stereocenters. The van der Waals surface area contributed by atoms with E-state index in [4.69, 9.17) is 0 Å². The van der Waals surface area contributed by atoms with Gasteiger partial charge in [-0.1, -0.05) is 22.0 Å². The number of ether oxygens (including phenoxy) is 1. The van der Waals surface area contributed by atoms with Crippen LogP contribution in [0.3, 0.4) is 0 Å². The van der Waals surface area contributed by atoms with Crippen LogP contribution in [0, 0.1) is 0 Å². The molecular weight excluding hydrogens is 336 g/mol. The molecule has 0 aliphatic rings. The van der Waals surface area contributed by atoms with Gasteiger partial charge in [0.15, 0.2) is 0 Å². The minimum Gasteiger partial charge on any atom is -0.465 e. The summed E-state index contributed by atoms with van der Waals surface area (Å²) < 4.78 is 5.47. The first-order valence-electron chi connectivity index (χ1n) is 6.75. The maximum Gasteiger partial charge on any atom is 0.337 e. The monoisotopic (exact) mass is 356 g/mol. The molecular formula is C15H21BrN2O3. The van der Waals surface area contributed by atoms with Gasteiger partial charge in [0, 0.05) is 17.1 Å². The Kier molecular flexibility index (Phi) is 6.84. The number of hydrogen-bond donors (Lipinski definition) is 2. The van der Waals surface area contributed by atoms with Crippen LogP contribution < -0.4 is 10.6 Å². The number of esters is 1. The van der Waals surface area contributed by atoms with Crippen molar-refractivity contribution >= 4 is 27.8 Å². The summed E-state index contributed by atoms with van der Waals surface area (Å²) in [5.74, 6) is -0.410. The first-order valence-corrected chi connectivity index (χ1v) is 7.55. The second-order valence-electron chi connectivity index (χ2n) is 5.06. The van der Waals surface area contributed by atoms with E-state index in [9.17, 15) is 9.59 Å². The van der Waals surface area contributed by atoms with Crippen molar-refractivity contribution in [1.29, 1.82) is 0 Å². The van der Waals surface area contributed by atoms with Crippen LogP contribution in [0.4, 0.5) is 0 Å². The van der Waals surface area contributed by atoms with Gasteiger partial charge < -0.3 is 15.4 Å². The van der Waals surface area contributed by atoms with Crippen molar-refractivity contribution in [2.24, 2.45) is 0 Å². The zero-order valence-electron chi connectivity index (χ0n) is 12.7. The number of rotatable bonds is 6. The third-order valence-corrected chi connectivity index (χ3v) is 3.64. The van der Waals surface area contributed by atoms with Crippen LogP contribution in [-0.4, -0.2) is 31.1 Å². The van der Waals surface area contributed by atoms with Crippen LogP contribution >= 0.6 is 15.9 Å². The molecule has 2 N–H and O–H groups in total. The number of halogens is 1. The number of hydrogen-bond acceptors (Lipinski definition) is 4.